The molecule has 0 aliphatic carbocycles. The number of carbonyl (C=O) groups is 1. The standard InChI is InChI=1S/C25H21N5O3/c1-32-20-12-6-17(7-13-20)25-28-24(33-29-25)15-14-23(31)27-18-8-10-19(11-9-18)30-16-26-21-4-2-3-5-22(21)30/h2-13,16H,14-15H2,1H3,(H,27,31). The largest absolute Gasteiger partial charge is 0.497 e. The van der Waals surface area contributed by atoms with Crippen molar-refractivity contribution >= 4 is 22.6 Å². The summed E-state index contributed by atoms with van der Waals surface area (Å²) >= 11 is 0. The maximum Gasteiger partial charge on any atom is 0.227 e. The van der Waals surface area contributed by atoms with E-state index in [0.717, 1.165) is 33.7 Å². The van der Waals surface area contributed by atoms with Crippen molar-refractivity contribution in [2.45, 2.75) is 12.8 Å². The van der Waals surface area contributed by atoms with Crippen LogP contribution in [-0.4, -0.2) is 32.7 Å². The number of para-hydroxylation sites is 2. The third-order valence-corrected chi connectivity index (χ3v) is 5.27. The van der Waals surface area contributed by atoms with Crippen molar-refractivity contribution in [3.8, 4) is 22.8 Å². The van der Waals surface area contributed by atoms with Gasteiger partial charge >= 0.3 is 0 Å². The average Bonchev–Trinajstić information content (AvgIpc) is 3.51. The van der Waals surface area contributed by atoms with Crippen molar-refractivity contribution in [3.05, 3.63) is 85.0 Å². The summed E-state index contributed by atoms with van der Waals surface area (Å²) in [6.07, 6.45) is 2.38. The number of nitrogens with zero attached hydrogens (tertiary/aromatic N) is 4. The normalized spacial score (nSPS) is 10.9. The molecular weight excluding hydrogens is 418 g/mol. The van der Waals surface area contributed by atoms with Gasteiger partial charge in [-0.15, -0.1) is 0 Å². The number of imidazole rings is 1. The van der Waals surface area contributed by atoms with E-state index in [-0.39, 0.29) is 12.3 Å². The van der Waals surface area contributed by atoms with E-state index in [9.17, 15) is 4.79 Å². The lowest BCUT2D eigenvalue weighted by molar-refractivity contribution is -0.116. The maximum absolute atomic E-state index is 12.4. The minimum absolute atomic E-state index is 0.125. The maximum atomic E-state index is 12.4. The molecule has 2 heterocycles. The quantitative estimate of drug-likeness (QED) is 0.396. The van der Waals surface area contributed by atoms with E-state index in [1.165, 1.54) is 0 Å². The Bertz CT molecular complexity index is 1390. The van der Waals surface area contributed by atoms with Crippen LogP contribution < -0.4 is 10.1 Å². The summed E-state index contributed by atoms with van der Waals surface area (Å²) in [5, 5.41) is 6.90. The smallest absolute Gasteiger partial charge is 0.227 e. The summed E-state index contributed by atoms with van der Waals surface area (Å²) < 4.78 is 12.5. The molecule has 5 aromatic rings. The lowest BCUT2D eigenvalue weighted by atomic mass is 10.2. The van der Waals surface area contributed by atoms with Gasteiger partial charge in [0.25, 0.3) is 0 Å². The molecule has 0 bridgehead atoms. The zero-order valence-corrected chi connectivity index (χ0v) is 17.9. The lowest BCUT2D eigenvalue weighted by Crippen LogP contribution is -2.12. The van der Waals surface area contributed by atoms with Gasteiger partial charge in [0.2, 0.25) is 17.6 Å². The van der Waals surface area contributed by atoms with Crippen LogP contribution in [0.3, 0.4) is 0 Å². The van der Waals surface area contributed by atoms with Crippen LogP contribution in [0.4, 0.5) is 5.69 Å². The Kier molecular flexibility index (Phi) is 5.55. The minimum atomic E-state index is -0.125. The molecule has 8 heteroatoms. The topological polar surface area (TPSA) is 95.1 Å². The molecule has 0 saturated heterocycles. The number of aryl methyl sites for hydroxylation is 1. The summed E-state index contributed by atoms with van der Waals surface area (Å²) in [4.78, 5) is 21.2. The van der Waals surface area contributed by atoms with E-state index in [1.54, 1.807) is 13.4 Å². The van der Waals surface area contributed by atoms with Crippen molar-refractivity contribution in [3.63, 3.8) is 0 Å². The molecule has 5 rings (SSSR count). The average molecular weight is 439 g/mol. The van der Waals surface area contributed by atoms with Gasteiger partial charge < -0.3 is 14.6 Å². The summed E-state index contributed by atoms with van der Waals surface area (Å²) in [5.41, 5.74) is 4.48. The first kappa shape index (κ1) is 20.4. The van der Waals surface area contributed by atoms with Gasteiger partial charge in [-0.2, -0.15) is 4.98 Å². The van der Waals surface area contributed by atoms with Gasteiger partial charge in [-0.05, 0) is 60.7 Å². The molecular formula is C25H21N5O3. The van der Waals surface area contributed by atoms with E-state index in [1.807, 2.05) is 77.4 Å². The second-order valence-corrected chi connectivity index (χ2v) is 7.44. The molecule has 0 saturated carbocycles. The summed E-state index contributed by atoms with van der Waals surface area (Å²) in [5.74, 6) is 1.53. The Morgan fingerprint density at radius 3 is 2.61 bits per heavy atom. The number of fused-ring (bicyclic) bond motifs is 1. The number of ether oxygens (including phenoxy) is 1. The molecule has 1 N–H and O–H groups in total. The number of benzene rings is 3. The molecule has 0 unspecified atom stereocenters. The van der Waals surface area contributed by atoms with Crippen molar-refractivity contribution in [1.82, 2.24) is 19.7 Å². The molecule has 164 valence electrons. The SMILES string of the molecule is COc1ccc(-c2noc(CCC(=O)Nc3ccc(-n4cnc5ccccc54)cc3)n2)cc1. The number of anilines is 1. The Morgan fingerprint density at radius 2 is 1.82 bits per heavy atom. The Hall–Kier alpha value is -4.46. The van der Waals surface area contributed by atoms with Crippen molar-refractivity contribution in [2.24, 2.45) is 0 Å². The van der Waals surface area contributed by atoms with Gasteiger partial charge in [0.15, 0.2) is 0 Å². The second-order valence-electron chi connectivity index (χ2n) is 7.44. The monoisotopic (exact) mass is 439 g/mol. The van der Waals surface area contributed by atoms with Gasteiger partial charge in [0.1, 0.15) is 12.1 Å². The minimum Gasteiger partial charge on any atom is -0.497 e. The second kappa shape index (κ2) is 8.96. The molecule has 2 aromatic heterocycles. The summed E-state index contributed by atoms with van der Waals surface area (Å²) in [7, 11) is 1.61. The number of carbonyl (C=O) groups excluding carboxylic acids is 1. The zero-order chi connectivity index (χ0) is 22.6. The summed E-state index contributed by atoms with van der Waals surface area (Å²) in [6.45, 7) is 0. The Labute approximate surface area is 189 Å². The fourth-order valence-electron chi connectivity index (χ4n) is 3.53. The van der Waals surface area contributed by atoms with Gasteiger partial charge in [0, 0.05) is 29.8 Å². The van der Waals surface area contributed by atoms with Crippen molar-refractivity contribution in [2.75, 3.05) is 12.4 Å². The third kappa shape index (κ3) is 4.45. The molecule has 8 nitrogen and oxygen atoms in total. The van der Waals surface area contributed by atoms with E-state index >= 15 is 0 Å². The highest BCUT2D eigenvalue weighted by Gasteiger charge is 2.11. The van der Waals surface area contributed by atoms with E-state index in [0.29, 0.717) is 18.1 Å². The number of rotatable bonds is 7. The zero-order valence-electron chi connectivity index (χ0n) is 17.9. The van der Waals surface area contributed by atoms with Crippen molar-refractivity contribution < 1.29 is 14.1 Å². The van der Waals surface area contributed by atoms with Gasteiger partial charge in [-0.3, -0.25) is 9.36 Å². The van der Waals surface area contributed by atoms with Crippen LogP contribution in [0.5, 0.6) is 5.75 Å². The lowest BCUT2D eigenvalue weighted by Gasteiger charge is -2.07. The van der Waals surface area contributed by atoms with Crippen LogP contribution in [0.15, 0.2) is 83.6 Å². The molecule has 0 radical (unpaired) electrons. The predicted octanol–water partition coefficient (Wildman–Crippen LogP) is 4.66. The third-order valence-electron chi connectivity index (χ3n) is 5.27. The number of aromatic nitrogens is 4. The first-order chi connectivity index (χ1) is 16.2. The van der Waals surface area contributed by atoms with E-state index in [2.05, 4.69) is 20.4 Å². The number of nitrogens with one attached hydrogen (secondary N) is 1. The molecule has 1 amide bonds. The van der Waals surface area contributed by atoms with Crippen LogP contribution in [-0.2, 0) is 11.2 Å². The van der Waals surface area contributed by atoms with Crippen molar-refractivity contribution in [1.29, 1.82) is 0 Å². The Morgan fingerprint density at radius 1 is 1.03 bits per heavy atom. The molecule has 0 aliphatic heterocycles. The predicted molar refractivity (Wildman–Crippen MR) is 124 cm³/mol. The number of hydrogen-bond acceptors (Lipinski definition) is 6. The molecule has 0 aliphatic rings. The molecule has 3 aromatic carbocycles. The highest BCUT2D eigenvalue weighted by molar-refractivity contribution is 5.91. The summed E-state index contributed by atoms with van der Waals surface area (Å²) in [6, 6.07) is 23.0. The first-order valence-electron chi connectivity index (χ1n) is 10.5. The van der Waals surface area contributed by atoms with E-state index in [4.69, 9.17) is 9.26 Å². The Balaban J connectivity index is 1.18. The molecule has 0 spiro atoms. The van der Waals surface area contributed by atoms with Crippen LogP contribution in [0.25, 0.3) is 28.1 Å². The molecule has 33 heavy (non-hydrogen) atoms. The highest BCUT2D eigenvalue weighted by atomic mass is 16.5. The van der Waals surface area contributed by atoms with Gasteiger partial charge in [-0.1, -0.05) is 17.3 Å². The van der Waals surface area contributed by atoms with Crippen LogP contribution >= 0.6 is 0 Å². The van der Waals surface area contributed by atoms with Gasteiger partial charge in [-0.25, -0.2) is 4.98 Å². The highest BCUT2D eigenvalue weighted by Crippen LogP contribution is 2.21. The fourth-order valence-corrected chi connectivity index (χ4v) is 3.53. The van der Waals surface area contributed by atoms with Crippen LogP contribution in [0.2, 0.25) is 0 Å². The van der Waals surface area contributed by atoms with E-state index < -0.39 is 0 Å². The fraction of sp³-hybridized carbons (Fsp3) is 0.120. The van der Waals surface area contributed by atoms with Crippen LogP contribution in [0, 0.1) is 0 Å². The van der Waals surface area contributed by atoms with Crippen LogP contribution in [0.1, 0.15) is 12.3 Å². The number of methoxy groups -OCH3 is 1. The number of hydrogen-bond donors (Lipinski definition) is 1. The molecule has 0 atom stereocenters. The number of amides is 1. The first-order valence-corrected chi connectivity index (χ1v) is 10.5. The van der Waals surface area contributed by atoms with Gasteiger partial charge in [0.05, 0.1) is 18.1 Å². The molecule has 0 fully saturated rings.